The van der Waals surface area contributed by atoms with E-state index in [4.69, 9.17) is 9.47 Å². The molecule has 0 radical (unpaired) electrons. The van der Waals surface area contributed by atoms with Gasteiger partial charge in [0.1, 0.15) is 19.8 Å². The van der Waals surface area contributed by atoms with E-state index in [-0.39, 0.29) is 24.8 Å². The molecule has 1 saturated heterocycles. The Morgan fingerprint density at radius 2 is 1.97 bits per heavy atom. The summed E-state index contributed by atoms with van der Waals surface area (Å²) >= 11 is 1.30. The molecule has 1 atom stereocenters. The first kappa shape index (κ1) is 22.8. The minimum absolute atomic E-state index is 0.0584. The lowest BCUT2D eigenvalue weighted by Gasteiger charge is -2.33. The second kappa shape index (κ2) is 9.65. The third kappa shape index (κ3) is 4.45. The number of rotatable bonds is 7. The fraction of sp³-hybridized carbons (Fsp3) is 0.409. The quantitative estimate of drug-likeness (QED) is 0.479. The molecule has 1 unspecified atom stereocenters. The number of hydrogen-bond acceptors (Lipinski definition) is 6. The first-order valence-electron chi connectivity index (χ1n) is 10.8. The van der Waals surface area contributed by atoms with Gasteiger partial charge < -0.3 is 14.8 Å². The molecule has 4 rings (SSSR count). The lowest BCUT2D eigenvalue weighted by atomic mass is 10.2. The van der Waals surface area contributed by atoms with Crippen molar-refractivity contribution in [1.82, 2.24) is 9.80 Å². The van der Waals surface area contributed by atoms with Gasteiger partial charge in [-0.2, -0.15) is 0 Å². The van der Waals surface area contributed by atoms with E-state index >= 15 is 0 Å². The number of urea groups is 1. The Labute approximate surface area is 195 Å². The first-order valence-corrected chi connectivity index (χ1v) is 11.6. The number of anilines is 1. The number of hydrogen-bond donors (Lipinski definition) is 1. The number of nitrogens with zero attached hydrogens (tertiary/aromatic N) is 4. The predicted molar refractivity (Wildman–Crippen MR) is 125 cm³/mol. The fourth-order valence-corrected chi connectivity index (χ4v) is 5.01. The molecule has 0 saturated carbocycles. The van der Waals surface area contributed by atoms with Crippen LogP contribution in [0.3, 0.4) is 0 Å². The van der Waals surface area contributed by atoms with Crippen molar-refractivity contribution in [2.45, 2.75) is 19.1 Å². The molecule has 1 N–H and O–H groups in total. The number of imide groups is 1. The lowest BCUT2D eigenvalue weighted by molar-refractivity contribution is -0.518. The number of carbonyl (C=O) groups is 3. The van der Waals surface area contributed by atoms with E-state index in [1.54, 1.807) is 18.2 Å². The van der Waals surface area contributed by atoms with Gasteiger partial charge in [0, 0.05) is 18.3 Å². The van der Waals surface area contributed by atoms with E-state index < -0.39 is 17.2 Å². The summed E-state index contributed by atoms with van der Waals surface area (Å²) in [5.74, 6) is 0.675. The van der Waals surface area contributed by atoms with Gasteiger partial charge in [0.25, 0.3) is 11.7 Å². The number of aliphatic imine (C=N–C) groups is 1. The normalized spacial score (nSPS) is 19.3. The zero-order valence-electron chi connectivity index (χ0n) is 18.6. The Bertz CT molecular complexity index is 1060. The van der Waals surface area contributed by atoms with E-state index in [0.29, 0.717) is 48.7 Å². The molecular formula is C22H26N5O5S+. The average Bonchev–Trinajstić information content (AvgIpc) is 3.25. The Morgan fingerprint density at radius 1 is 1.24 bits per heavy atom. The van der Waals surface area contributed by atoms with Crippen LogP contribution < -0.4 is 14.8 Å². The number of nitrogens with one attached hydrogen (secondary N) is 1. The molecule has 4 amide bonds. The lowest BCUT2D eigenvalue weighted by Crippen LogP contribution is -2.61. The Morgan fingerprint density at radius 3 is 2.67 bits per heavy atom. The van der Waals surface area contributed by atoms with Crippen LogP contribution in [0.2, 0.25) is 0 Å². The van der Waals surface area contributed by atoms with E-state index in [2.05, 4.69) is 16.9 Å². The molecule has 1 aromatic rings. The third-order valence-corrected chi connectivity index (χ3v) is 6.58. The summed E-state index contributed by atoms with van der Waals surface area (Å²) in [4.78, 5) is 45.9. The number of carbonyl (C=O) groups excluding carboxylic acids is 3. The molecule has 10 nitrogen and oxygen atoms in total. The summed E-state index contributed by atoms with van der Waals surface area (Å²) in [6, 6.07) is 4.51. The van der Waals surface area contributed by atoms with Crippen LogP contribution in [-0.4, -0.2) is 87.9 Å². The van der Waals surface area contributed by atoms with Crippen molar-refractivity contribution >= 4 is 46.3 Å². The summed E-state index contributed by atoms with van der Waals surface area (Å²) in [5.41, 5.74) is 0.516. The van der Waals surface area contributed by atoms with E-state index in [9.17, 15) is 14.4 Å². The molecule has 33 heavy (non-hydrogen) atoms. The topological polar surface area (TPSA) is 104 Å². The monoisotopic (exact) mass is 472 g/mol. The summed E-state index contributed by atoms with van der Waals surface area (Å²) < 4.78 is 13.1. The van der Waals surface area contributed by atoms with Gasteiger partial charge in [0.15, 0.2) is 16.7 Å². The van der Waals surface area contributed by atoms with Gasteiger partial charge in [0.2, 0.25) is 5.91 Å². The molecule has 3 heterocycles. The SMILES string of the molecule is C=CCN1C(=O)C2SC(=[N+](CC)CC)N=C2N(CC(=O)Nc2ccc3c(c2)OCCO3)C1=O. The second-order valence-corrected chi connectivity index (χ2v) is 8.51. The summed E-state index contributed by atoms with van der Waals surface area (Å²) in [6.45, 7) is 9.74. The van der Waals surface area contributed by atoms with Crippen molar-refractivity contribution in [2.75, 3.05) is 44.7 Å². The number of amides is 4. The van der Waals surface area contributed by atoms with Gasteiger partial charge in [-0.25, -0.2) is 9.69 Å². The number of fused-ring (bicyclic) bond motifs is 2. The minimum atomic E-state index is -0.680. The Balaban J connectivity index is 1.58. The van der Waals surface area contributed by atoms with Crippen LogP contribution in [0.1, 0.15) is 13.8 Å². The third-order valence-electron chi connectivity index (χ3n) is 5.37. The van der Waals surface area contributed by atoms with Crippen LogP contribution in [0.4, 0.5) is 10.5 Å². The minimum Gasteiger partial charge on any atom is -0.486 e. The molecule has 0 aromatic heterocycles. The van der Waals surface area contributed by atoms with E-state index in [0.717, 1.165) is 4.90 Å². The molecule has 11 heteroatoms. The number of amidine groups is 2. The van der Waals surface area contributed by atoms with Crippen LogP contribution in [-0.2, 0) is 9.59 Å². The predicted octanol–water partition coefficient (Wildman–Crippen LogP) is 1.77. The highest BCUT2D eigenvalue weighted by molar-refractivity contribution is 8.15. The van der Waals surface area contributed by atoms with Gasteiger partial charge in [-0.3, -0.25) is 19.1 Å². The number of thioether (sulfide) groups is 1. The number of ether oxygens (including phenoxy) is 2. The van der Waals surface area contributed by atoms with Gasteiger partial charge in [-0.05, 0) is 42.7 Å². The molecule has 0 bridgehead atoms. The molecule has 0 aliphatic carbocycles. The highest BCUT2D eigenvalue weighted by Gasteiger charge is 2.53. The van der Waals surface area contributed by atoms with Gasteiger partial charge in [-0.15, -0.1) is 6.58 Å². The largest absolute Gasteiger partial charge is 0.486 e. The highest BCUT2D eigenvalue weighted by Crippen LogP contribution is 2.33. The molecular weight excluding hydrogens is 446 g/mol. The van der Waals surface area contributed by atoms with Crippen molar-refractivity contribution in [1.29, 1.82) is 0 Å². The van der Waals surface area contributed by atoms with Gasteiger partial charge in [0.05, 0.1) is 13.1 Å². The van der Waals surface area contributed by atoms with Crippen molar-refractivity contribution in [2.24, 2.45) is 4.99 Å². The Hall–Kier alpha value is -3.34. The number of benzene rings is 1. The molecule has 1 aromatic carbocycles. The Kier molecular flexibility index (Phi) is 6.68. The summed E-state index contributed by atoms with van der Waals surface area (Å²) in [5, 5.41) is 2.77. The maximum atomic E-state index is 13.1. The van der Waals surface area contributed by atoms with Crippen molar-refractivity contribution < 1.29 is 28.4 Å². The maximum absolute atomic E-state index is 13.1. The molecule has 3 aliphatic heterocycles. The van der Waals surface area contributed by atoms with Crippen LogP contribution in [0.5, 0.6) is 11.5 Å². The van der Waals surface area contributed by atoms with Crippen molar-refractivity contribution in [3.63, 3.8) is 0 Å². The molecule has 0 spiro atoms. The smallest absolute Gasteiger partial charge is 0.357 e. The van der Waals surface area contributed by atoms with Crippen LogP contribution in [0.15, 0.2) is 35.8 Å². The van der Waals surface area contributed by atoms with Crippen LogP contribution >= 0.6 is 11.8 Å². The maximum Gasteiger partial charge on any atom is 0.357 e. The standard InChI is InChI=1S/C22H25N5O5S/c1-4-9-26-20(29)18-19(24-21(33-18)25(5-2)6-3)27(22(26)30)13-17(28)23-14-7-8-15-16(12-14)32-11-10-31-15/h4,7-8,12,18H,1,5-6,9-11,13H2,2-3H3/p+1. The van der Waals surface area contributed by atoms with E-state index in [1.807, 2.05) is 18.4 Å². The zero-order valence-corrected chi connectivity index (χ0v) is 19.4. The van der Waals surface area contributed by atoms with E-state index in [1.165, 1.54) is 22.7 Å². The van der Waals surface area contributed by atoms with Gasteiger partial charge in [-0.1, -0.05) is 6.08 Å². The van der Waals surface area contributed by atoms with Gasteiger partial charge >= 0.3 is 11.2 Å². The highest BCUT2D eigenvalue weighted by atomic mass is 32.2. The van der Waals surface area contributed by atoms with Crippen molar-refractivity contribution in [3.05, 3.63) is 30.9 Å². The van der Waals surface area contributed by atoms with Crippen LogP contribution in [0, 0.1) is 0 Å². The summed E-state index contributed by atoms with van der Waals surface area (Å²) in [6.07, 6.45) is 1.49. The molecule has 3 aliphatic rings. The molecule has 174 valence electrons. The first-order chi connectivity index (χ1) is 16.0. The summed E-state index contributed by atoms with van der Waals surface area (Å²) in [7, 11) is 0. The van der Waals surface area contributed by atoms with Crippen molar-refractivity contribution in [3.8, 4) is 11.5 Å². The van der Waals surface area contributed by atoms with Crippen LogP contribution in [0.25, 0.3) is 0 Å². The second-order valence-electron chi connectivity index (χ2n) is 7.44. The molecule has 1 fully saturated rings. The average molecular weight is 473 g/mol. The fourth-order valence-electron chi connectivity index (χ4n) is 3.73. The zero-order chi connectivity index (χ0) is 23.5.